The van der Waals surface area contributed by atoms with Crippen LogP contribution in [0.25, 0.3) is 0 Å². The number of aryl methyl sites for hydroxylation is 1. The van der Waals surface area contributed by atoms with Gasteiger partial charge in [-0.15, -0.1) is 11.3 Å². The molecule has 146 valence electrons. The number of hydrogen-bond acceptors (Lipinski definition) is 4. The molecule has 1 atom stereocenters. The molecule has 1 aromatic carbocycles. The van der Waals surface area contributed by atoms with E-state index >= 15 is 0 Å². The number of aliphatic imine (C=N–C) groups is 1. The summed E-state index contributed by atoms with van der Waals surface area (Å²) in [5.74, 6) is 0.873. The second-order valence-corrected chi connectivity index (χ2v) is 8.04. The van der Waals surface area contributed by atoms with Crippen LogP contribution in [0.2, 0.25) is 0 Å². The molecule has 0 aliphatic carbocycles. The van der Waals surface area contributed by atoms with Crippen LogP contribution >= 0.6 is 11.3 Å². The highest BCUT2D eigenvalue weighted by molar-refractivity contribution is 7.11. The van der Waals surface area contributed by atoms with Gasteiger partial charge in [0.05, 0.1) is 25.8 Å². The summed E-state index contributed by atoms with van der Waals surface area (Å²) >= 11 is 1.81. The molecule has 1 saturated heterocycles. The van der Waals surface area contributed by atoms with E-state index in [-0.39, 0.29) is 0 Å². The topological polar surface area (TPSA) is 48.9 Å². The molecule has 2 N–H and O–H groups in total. The predicted octanol–water partition coefficient (Wildman–Crippen LogP) is 3.19. The molecule has 1 aliphatic rings. The van der Waals surface area contributed by atoms with Crippen LogP contribution in [0.1, 0.15) is 28.3 Å². The maximum atomic E-state index is 5.54. The predicted molar refractivity (Wildman–Crippen MR) is 113 cm³/mol. The summed E-state index contributed by atoms with van der Waals surface area (Å²) in [5, 5.41) is 6.92. The number of benzene rings is 1. The summed E-state index contributed by atoms with van der Waals surface area (Å²) in [6.45, 7) is 10.1. The first-order valence-electron chi connectivity index (χ1n) is 9.70. The summed E-state index contributed by atoms with van der Waals surface area (Å²) in [6.07, 6.45) is 0. The van der Waals surface area contributed by atoms with E-state index in [1.165, 1.54) is 15.3 Å². The largest absolute Gasteiger partial charge is 0.379 e. The maximum Gasteiger partial charge on any atom is 0.191 e. The normalized spacial score (nSPS) is 16.9. The average molecular weight is 387 g/mol. The Hall–Kier alpha value is -1.89. The fourth-order valence-corrected chi connectivity index (χ4v) is 4.10. The molecule has 1 aliphatic heterocycles. The van der Waals surface area contributed by atoms with E-state index in [1.54, 1.807) is 0 Å². The highest BCUT2D eigenvalue weighted by atomic mass is 32.1. The van der Waals surface area contributed by atoms with E-state index in [2.05, 4.69) is 71.8 Å². The van der Waals surface area contributed by atoms with Gasteiger partial charge in [0.25, 0.3) is 0 Å². The summed E-state index contributed by atoms with van der Waals surface area (Å²) in [6, 6.07) is 15.3. The summed E-state index contributed by atoms with van der Waals surface area (Å²) in [7, 11) is 0. The molecular weight excluding hydrogens is 356 g/mol. The fraction of sp³-hybridized carbons (Fsp3) is 0.476. The van der Waals surface area contributed by atoms with Crippen molar-refractivity contribution >= 4 is 17.3 Å². The lowest BCUT2D eigenvalue weighted by Crippen LogP contribution is -2.46. The lowest BCUT2D eigenvalue weighted by molar-refractivity contribution is 0.0170. The molecule has 1 aromatic heterocycles. The van der Waals surface area contributed by atoms with Crippen LogP contribution in [0.4, 0.5) is 0 Å². The number of hydrogen-bond donors (Lipinski definition) is 2. The average Bonchev–Trinajstić information content (AvgIpc) is 3.13. The van der Waals surface area contributed by atoms with Gasteiger partial charge in [0.1, 0.15) is 0 Å². The van der Waals surface area contributed by atoms with Crippen LogP contribution in [0.15, 0.2) is 47.5 Å². The van der Waals surface area contributed by atoms with Gasteiger partial charge in [-0.1, -0.05) is 30.3 Å². The van der Waals surface area contributed by atoms with Gasteiger partial charge in [-0.3, -0.25) is 4.90 Å². The molecule has 2 heterocycles. The molecule has 0 saturated carbocycles. The van der Waals surface area contributed by atoms with Gasteiger partial charge >= 0.3 is 0 Å². The second-order valence-electron chi connectivity index (χ2n) is 6.66. The Balaban J connectivity index is 1.67. The van der Waals surface area contributed by atoms with Crippen LogP contribution in [0.3, 0.4) is 0 Å². The third kappa shape index (κ3) is 6.06. The van der Waals surface area contributed by atoms with Crippen LogP contribution < -0.4 is 10.6 Å². The summed E-state index contributed by atoms with van der Waals surface area (Å²) in [5.41, 5.74) is 1.33. The van der Waals surface area contributed by atoms with Gasteiger partial charge in [0.15, 0.2) is 5.96 Å². The molecule has 6 heteroatoms. The Morgan fingerprint density at radius 1 is 1.15 bits per heavy atom. The minimum Gasteiger partial charge on any atom is -0.379 e. The third-order valence-corrected chi connectivity index (χ3v) is 5.65. The zero-order chi connectivity index (χ0) is 18.9. The minimum absolute atomic E-state index is 0.308. The van der Waals surface area contributed by atoms with Crippen molar-refractivity contribution in [3.63, 3.8) is 0 Å². The molecule has 5 nitrogen and oxygen atoms in total. The number of guanidine groups is 1. The van der Waals surface area contributed by atoms with Gasteiger partial charge in [0.2, 0.25) is 0 Å². The number of nitrogens with zero attached hydrogens (tertiary/aromatic N) is 2. The van der Waals surface area contributed by atoms with Crippen LogP contribution in [-0.4, -0.2) is 50.3 Å². The lowest BCUT2D eigenvalue weighted by atomic mass is 10.0. The van der Waals surface area contributed by atoms with Gasteiger partial charge in [-0.05, 0) is 31.5 Å². The van der Waals surface area contributed by atoms with Crippen molar-refractivity contribution in [3.05, 3.63) is 57.8 Å². The van der Waals surface area contributed by atoms with E-state index in [4.69, 9.17) is 9.73 Å². The Labute approximate surface area is 166 Å². The van der Waals surface area contributed by atoms with Crippen molar-refractivity contribution in [1.82, 2.24) is 15.5 Å². The molecule has 2 aromatic rings. The first-order chi connectivity index (χ1) is 13.3. The first kappa shape index (κ1) is 19.9. The Kier molecular flexibility index (Phi) is 7.68. The third-order valence-electron chi connectivity index (χ3n) is 4.67. The molecule has 1 unspecified atom stereocenters. The summed E-state index contributed by atoms with van der Waals surface area (Å²) < 4.78 is 5.54. The van der Waals surface area contributed by atoms with Crippen LogP contribution in [0.5, 0.6) is 0 Å². The zero-order valence-electron chi connectivity index (χ0n) is 16.3. The molecule has 0 amide bonds. The Morgan fingerprint density at radius 2 is 1.93 bits per heavy atom. The van der Waals surface area contributed by atoms with E-state index in [0.717, 1.165) is 45.4 Å². The highest BCUT2D eigenvalue weighted by Gasteiger charge is 2.22. The lowest BCUT2D eigenvalue weighted by Gasteiger charge is -2.35. The van der Waals surface area contributed by atoms with E-state index < -0.39 is 0 Å². The molecule has 1 fully saturated rings. The standard InChI is InChI=1S/C21H30N4OS/c1-3-22-21(23-15-19-10-9-17(2)27-19)24-16-20(18-7-5-4-6-8-18)25-11-13-26-14-12-25/h4-10,20H,3,11-16H2,1-2H3,(H2,22,23,24). The quantitative estimate of drug-likeness (QED) is 0.567. The monoisotopic (exact) mass is 386 g/mol. The van der Waals surface area contributed by atoms with Crippen molar-refractivity contribution in [2.45, 2.75) is 26.4 Å². The molecule has 0 radical (unpaired) electrons. The minimum atomic E-state index is 0.308. The maximum absolute atomic E-state index is 5.54. The van der Waals surface area contributed by atoms with Crippen molar-refractivity contribution in [2.24, 2.45) is 4.99 Å². The van der Waals surface area contributed by atoms with Crippen molar-refractivity contribution in [3.8, 4) is 0 Å². The molecular formula is C21H30N4OS. The SMILES string of the molecule is CCNC(=NCc1ccc(C)s1)NCC(c1ccccc1)N1CCOCC1. The number of rotatable bonds is 7. The number of thiophene rings is 1. The molecule has 0 bridgehead atoms. The van der Waals surface area contributed by atoms with Crippen molar-refractivity contribution in [1.29, 1.82) is 0 Å². The molecule has 0 spiro atoms. The fourth-order valence-electron chi connectivity index (χ4n) is 3.28. The number of nitrogens with one attached hydrogen (secondary N) is 2. The number of morpholine rings is 1. The smallest absolute Gasteiger partial charge is 0.191 e. The van der Waals surface area contributed by atoms with Crippen molar-refractivity contribution in [2.75, 3.05) is 39.4 Å². The van der Waals surface area contributed by atoms with Gasteiger partial charge in [0, 0.05) is 35.9 Å². The Bertz CT molecular complexity index is 710. The van der Waals surface area contributed by atoms with E-state index in [9.17, 15) is 0 Å². The van der Waals surface area contributed by atoms with Crippen LogP contribution in [-0.2, 0) is 11.3 Å². The second kappa shape index (κ2) is 10.4. The Morgan fingerprint density at radius 3 is 2.59 bits per heavy atom. The highest BCUT2D eigenvalue weighted by Crippen LogP contribution is 2.21. The van der Waals surface area contributed by atoms with Gasteiger partial charge in [-0.2, -0.15) is 0 Å². The zero-order valence-corrected chi connectivity index (χ0v) is 17.1. The van der Waals surface area contributed by atoms with E-state index in [0.29, 0.717) is 12.6 Å². The summed E-state index contributed by atoms with van der Waals surface area (Å²) in [4.78, 5) is 9.89. The van der Waals surface area contributed by atoms with Gasteiger partial charge < -0.3 is 15.4 Å². The van der Waals surface area contributed by atoms with Crippen LogP contribution in [0, 0.1) is 6.92 Å². The van der Waals surface area contributed by atoms with Crippen molar-refractivity contribution < 1.29 is 4.74 Å². The van der Waals surface area contributed by atoms with Gasteiger partial charge in [-0.25, -0.2) is 4.99 Å². The number of ether oxygens (including phenoxy) is 1. The van der Waals surface area contributed by atoms with E-state index in [1.807, 2.05) is 11.3 Å². The molecule has 27 heavy (non-hydrogen) atoms. The first-order valence-corrected chi connectivity index (χ1v) is 10.5. The molecule has 3 rings (SSSR count).